The largest absolute Gasteiger partial charge is 0.493 e. The van der Waals surface area contributed by atoms with Gasteiger partial charge in [-0.25, -0.2) is 0 Å². The van der Waals surface area contributed by atoms with Crippen LogP contribution in [0.4, 0.5) is 0 Å². The number of benzene rings is 3. The van der Waals surface area contributed by atoms with Gasteiger partial charge in [-0.05, 0) is 34.9 Å². The first-order valence-corrected chi connectivity index (χ1v) is 11.3. The maximum atomic E-state index is 13.0. The third kappa shape index (κ3) is 3.88. The van der Waals surface area contributed by atoms with E-state index >= 15 is 0 Å². The topological polar surface area (TPSA) is 75.0 Å². The van der Waals surface area contributed by atoms with Crippen molar-refractivity contribution < 1.29 is 14.2 Å². The number of aromatic nitrogens is 3. The lowest BCUT2D eigenvalue weighted by atomic mass is 10.0. The van der Waals surface area contributed by atoms with Crippen LogP contribution in [0.25, 0.3) is 33.6 Å². The van der Waals surface area contributed by atoms with Crippen LogP contribution >= 0.6 is 11.3 Å². The predicted octanol–water partition coefficient (Wildman–Crippen LogP) is 4.06. The number of nitrogens with zero attached hydrogens (tertiary/aromatic N) is 3. The van der Waals surface area contributed by atoms with Crippen LogP contribution in [-0.4, -0.2) is 35.9 Å². The second kappa shape index (κ2) is 8.99. The minimum Gasteiger partial charge on any atom is -0.493 e. The Hall–Kier alpha value is -4.17. The van der Waals surface area contributed by atoms with Crippen molar-refractivity contribution in [1.82, 2.24) is 14.6 Å². The quantitative estimate of drug-likeness (QED) is 0.372. The molecule has 34 heavy (non-hydrogen) atoms. The zero-order valence-corrected chi connectivity index (χ0v) is 19.6. The Balaban J connectivity index is 1.50. The molecule has 7 nitrogen and oxygen atoms in total. The lowest BCUT2D eigenvalue weighted by Crippen LogP contribution is -2.23. The molecule has 0 bridgehead atoms. The van der Waals surface area contributed by atoms with Gasteiger partial charge < -0.3 is 14.2 Å². The number of hydrogen-bond donors (Lipinski definition) is 0. The molecule has 0 unspecified atom stereocenters. The van der Waals surface area contributed by atoms with Gasteiger partial charge in [-0.1, -0.05) is 65.9 Å². The molecule has 0 aliphatic carbocycles. The summed E-state index contributed by atoms with van der Waals surface area (Å²) in [6.45, 7) is 0. The van der Waals surface area contributed by atoms with Crippen molar-refractivity contribution in [3.05, 3.63) is 87.2 Å². The van der Waals surface area contributed by atoms with Gasteiger partial charge in [0.05, 0.1) is 25.9 Å². The molecule has 170 valence electrons. The minimum absolute atomic E-state index is 0.210. The van der Waals surface area contributed by atoms with Crippen molar-refractivity contribution in [2.45, 2.75) is 0 Å². The monoisotopic (exact) mass is 471 g/mol. The van der Waals surface area contributed by atoms with Gasteiger partial charge in [0.2, 0.25) is 10.7 Å². The van der Waals surface area contributed by atoms with E-state index < -0.39 is 0 Å². The molecule has 5 aromatic rings. The van der Waals surface area contributed by atoms with Gasteiger partial charge in [0.15, 0.2) is 17.3 Å². The lowest BCUT2D eigenvalue weighted by Gasteiger charge is -2.12. The normalized spacial score (nSPS) is 11.7. The zero-order chi connectivity index (χ0) is 23.7. The molecule has 0 spiro atoms. The van der Waals surface area contributed by atoms with E-state index in [1.54, 1.807) is 33.5 Å². The SMILES string of the molecule is COc1cc(-c2nc3s/c(=C\c4ccc(-c5ccccc5)cc4)c(=O)n3n2)cc(OC)c1OC. The van der Waals surface area contributed by atoms with Gasteiger partial charge in [0.25, 0.3) is 5.56 Å². The van der Waals surface area contributed by atoms with Crippen LogP contribution in [-0.2, 0) is 0 Å². The minimum atomic E-state index is -0.210. The summed E-state index contributed by atoms with van der Waals surface area (Å²) in [5.41, 5.74) is 3.66. The molecule has 0 fully saturated rings. The molecular formula is C26H21N3O4S. The Kier molecular flexibility index (Phi) is 5.73. The first-order valence-electron chi connectivity index (χ1n) is 10.5. The molecule has 0 aliphatic heterocycles. The fourth-order valence-corrected chi connectivity index (χ4v) is 4.63. The Morgan fingerprint density at radius 2 is 1.47 bits per heavy atom. The van der Waals surface area contributed by atoms with Crippen LogP contribution in [0.2, 0.25) is 0 Å². The van der Waals surface area contributed by atoms with E-state index in [1.165, 1.54) is 15.9 Å². The third-order valence-corrected chi connectivity index (χ3v) is 6.38. The molecule has 5 rings (SSSR count). The predicted molar refractivity (Wildman–Crippen MR) is 133 cm³/mol. The van der Waals surface area contributed by atoms with Crippen LogP contribution < -0.4 is 24.3 Å². The average Bonchev–Trinajstić information content (AvgIpc) is 3.43. The Morgan fingerprint density at radius 1 is 0.824 bits per heavy atom. The standard InChI is InChI=1S/C26H21N3O4S/c1-31-20-14-19(15-21(32-2)23(20)33-3)24-27-26-29(28-24)25(30)22(34-26)13-16-9-11-18(12-10-16)17-7-5-4-6-8-17/h4-15H,1-3H3/b22-13-. The molecule has 8 heteroatoms. The summed E-state index contributed by atoms with van der Waals surface area (Å²) < 4.78 is 18.1. The summed E-state index contributed by atoms with van der Waals surface area (Å²) in [6.07, 6.45) is 1.86. The maximum absolute atomic E-state index is 13.0. The summed E-state index contributed by atoms with van der Waals surface area (Å²) >= 11 is 1.30. The molecule has 2 aromatic heterocycles. The molecule has 0 atom stereocenters. The lowest BCUT2D eigenvalue weighted by molar-refractivity contribution is 0.324. The molecule has 0 radical (unpaired) electrons. The van der Waals surface area contributed by atoms with Crippen molar-refractivity contribution in [2.75, 3.05) is 21.3 Å². The van der Waals surface area contributed by atoms with Gasteiger partial charge >= 0.3 is 0 Å². The van der Waals surface area contributed by atoms with Crippen molar-refractivity contribution >= 4 is 22.4 Å². The van der Waals surface area contributed by atoms with E-state index in [2.05, 4.69) is 22.2 Å². The molecule has 3 aromatic carbocycles. The number of fused-ring (bicyclic) bond motifs is 1. The van der Waals surface area contributed by atoms with Crippen molar-refractivity contribution in [3.63, 3.8) is 0 Å². The zero-order valence-electron chi connectivity index (χ0n) is 18.8. The van der Waals surface area contributed by atoms with Crippen molar-refractivity contribution in [3.8, 4) is 39.8 Å². The van der Waals surface area contributed by atoms with Crippen LogP contribution in [0.1, 0.15) is 5.56 Å². The van der Waals surface area contributed by atoms with E-state index in [1.807, 2.05) is 48.5 Å². The van der Waals surface area contributed by atoms with Gasteiger partial charge in [-0.2, -0.15) is 9.50 Å². The summed E-state index contributed by atoms with van der Waals surface area (Å²) in [6, 6.07) is 21.8. The van der Waals surface area contributed by atoms with E-state index in [-0.39, 0.29) is 5.56 Å². The average molecular weight is 472 g/mol. The van der Waals surface area contributed by atoms with E-state index in [0.29, 0.717) is 38.1 Å². The Labute approximate surface area is 199 Å². The third-order valence-electron chi connectivity index (χ3n) is 5.42. The molecule has 0 aliphatic rings. The Morgan fingerprint density at radius 3 is 2.06 bits per heavy atom. The fourth-order valence-electron chi connectivity index (χ4n) is 3.72. The van der Waals surface area contributed by atoms with Crippen LogP contribution in [0, 0.1) is 0 Å². The molecule has 2 heterocycles. The number of hydrogen-bond acceptors (Lipinski definition) is 7. The number of rotatable bonds is 6. The summed E-state index contributed by atoms with van der Waals surface area (Å²) in [5.74, 6) is 1.87. The first kappa shape index (κ1) is 21.7. The van der Waals surface area contributed by atoms with Crippen molar-refractivity contribution in [1.29, 1.82) is 0 Å². The maximum Gasteiger partial charge on any atom is 0.291 e. The van der Waals surface area contributed by atoms with E-state index in [9.17, 15) is 4.79 Å². The highest BCUT2D eigenvalue weighted by Crippen LogP contribution is 2.40. The number of ether oxygens (including phenoxy) is 3. The molecule has 0 N–H and O–H groups in total. The second-order valence-electron chi connectivity index (χ2n) is 7.45. The van der Waals surface area contributed by atoms with Crippen molar-refractivity contribution in [2.24, 2.45) is 0 Å². The fraction of sp³-hybridized carbons (Fsp3) is 0.115. The van der Waals surface area contributed by atoms with Gasteiger partial charge in [-0.15, -0.1) is 5.10 Å². The number of methoxy groups -OCH3 is 3. The molecular weight excluding hydrogens is 450 g/mol. The van der Waals surface area contributed by atoms with Crippen LogP contribution in [0.5, 0.6) is 17.2 Å². The smallest absolute Gasteiger partial charge is 0.291 e. The molecule has 0 saturated heterocycles. The second-order valence-corrected chi connectivity index (χ2v) is 8.46. The highest BCUT2D eigenvalue weighted by atomic mass is 32.1. The number of thiazole rings is 1. The van der Waals surface area contributed by atoms with Crippen LogP contribution in [0.15, 0.2) is 71.5 Å². The highest BCUT2D eigenvalue weighted by Gasteiger charge is 2.18. The van der Waals surface area contributed by atoms with Gasteiger partial charge in [-0.3, -0.25) is 4.79 Å². The highest BCUT2D eigenvalue weighted by molar-refractivity contribution is 7.15. The summed E-state index contributed by atoms with van der Waals surface area (Å²) in [7, 11) is 4.64. The Bertz CT molecular complexity index is 1550. The van der Waals surface area contributed by atoms with E-state index in [0.717, 1.165) is 16.7 Å². The van der Waals surface area contributed by atoms with Gasteiger partial charge in [0.1, 0.15) is 0 Å². The summed E-state index contributed by atoms with van der Waals surface area (Å²) in [4.78, 5) is 18.1. The van der Waals surface area contributed by atoms with Gasteiger partial charge in [0, 0.05) is 5.56 Å². The first-order chi connectivity index (χ1) is 16.6. The van der Waals surface area contributed by atoms with E-state index in [4.69, 9.17) is 14.2 Å². The molecule has 0 saturated carbocycles. The summed E-state index contributed by atoms with van der Waals surface area (Å²) in [5, 5.41) is 4.44. The van der Waals surface area contributed by atoms with Crippen LogP contribution in [0.3, 0.4) is 0 Å². The molecule has 0 amide bonds.